The van der Waals surface area contributed by atoms with Gasteiger partial charge in [0.2, 0.25) is 5.91 Å². The van der Waals surface area contributed by atoms with Crippen LogP contribution in [0.25, 0.3) is 11.3 Å². The SMILES string of the molecule is Cc1ncc(C(=O)N(C)C)c(-c2ccc(CNC(=O)[C@H]3CCOC3)cc2)n1. The molecule has 1 fully saturated rings. The summed E-state index contributed by atoms with van der Waals surface area (Å²) in [6, 6.07) is 7.69. The molecule has 1 aliphatic heterocycles. The Bertz CT molecular complexity index is 828. The second-order valence-electron chi connectivity index (χ2n) is 6.85. The van der Waals surface area contributed by atoms with Crippen LogP contribution in [0.4, 0.5) is 0 Å². The zero-order chi connectivity index (χ0) is 19.4. The molecule has 0 radical (unpaired) electrons. The summed E-state index contributed by atoms with van der Waals surface area (Å²) in [6.45, 7) is 3.41. The molecular formula is C20H24N4O3. The Morgan fingerprint density at radius 3 is 2.63 bits per heavy atom. The van der Waals surface area contributed by atoms with E-state index in [1.807, 2.05) is 24.3 Å². The number of nitrogens with one attached hydrogen (secondary N) is 1. The maximum Gasteiger partial charge on any atom is 0.257 e. The lowest BCUT2D eigenvalue weighted by atomic mass is 10.0. The molecule has 0 aliphatic carbocycles. The molecule has 27 heavy (non-hydrogen) atoms. The summed E-state index contributed by atoms with van der Waals surface area (Å²) < 4.78 is 5.25. The van der Waals surface area contributed by atoms with Gasteiger partial charge in [-0.2, -0.15) is 0 Å². The van der Waals surface area contributed by atoms with Gasteiger partial charge < -0.3 is 15.0 Å². The third kappa shape index (κ3) is 4.49. The highest BCUT2D eigenvalue weighted by molar-refractivity contribution is 5.99. The Morgan fingerprint density at radius 1 is 1.26 bits per heavy atom. The summed E-state index contributed by atoms with van der Waals surface area (Å²) in [7, 11) is 3.40. The van der Waals surface area contributed by atoms with Gasteiger partial charge in [0.05, 0.1) is 23.8 Å². The number of amides is 2. The van der Waals surface area contributed by atoms with Crippen LogP contribution in [0.1, 0.15) is 28.2 Å². The van der Waals surface area contributed by atoms with E-state index in [4.69, 9.17) is 4.74 Å². The predicted molar refractivity (Wildman–Crippen MR) is 101 cm³/mol. The van der Waals surface area contributed by atoms with E-state index in [-0.39, 0.29) is 17.7 Å². The van der Waals surface area contributed by atoms with E-state index in [2.05, 4.69) is 15.3 Å². The predicted octanol–water partition coefficient (Wildman–Crippen LogP) is 1.81. The fourth-order valence-corrected chi connectivity index (χ4v) is 2.94. The van der Waals surface area contributed by atoms with E-state index in [1.54, 1.807) is 27.2 Å². The van der Waals surface area contributed by atoms with E-state index < -0.39 is 0 Å². The average Bonchev–Trinajstić information content (AvgIpc) is 3.21. The molecule has 2 amide bonds. The number of aromatic nitrogens is 2. The van der Waals surface area contributed by atoms with Crippen molar-refractivity contribution >= 4 is 11.8 Å². The minimum atomic E-state index is -0.139. The lowest BCUT2D eigenvalue weighted by Crippen LogP contribution is -2.30. The summed E-state index contributed by atoms with van der Waals surface area (Å²) in [4.78, 5) is 34.6. The van der Waals surface area contributed by atoms with Crippen molar-refractivity contribution < 1.29 is 14.3 Å². The lowest BCUT2D eigenvalue weighted by molar-refractivity contribution is -0.125. The number of hydrogen-bond acceptors (Lipinski definition) is 5. The number of benzene rings is 1. The monoisotopic (exact) mass is 368 g/mol. The lowest BCUT2D eigenvalue weighted by Gasteiger charge is -2.14. The van der Waals surface area contributed by atoms with Crippen molar-refractivity contribution in [3.8, 4) is 11.3 Å². The van der Waals surface area contributed by atoms with Gasteiger partial charge in [0, 0.05) is 39.0 Å². The second-order valence-corrected chi connectivity index (χ2v) is 6.85. The Labute approximate surface area is 158 Å². The molecule has 0 bridgehead atoms. The summed E-state index contributed by atoms with van der Waals surface area (Å²) >= 11 is 0. The third-order valence-corrected chi connectivity index (χ3v) is 4.54. The van der Waals surface area contributed by atoms with Crippen molar-refractivity contribution in [1.82, 2.24) is 20.2 Å². The zero-order valence-electron chi connectivity index (χ0n) is 15.9. The van der Waals surface area contributed by atoms with Crippen LogP contribution in [0, 0.1) is 12.8 Å². The van der Waals surface area contributed by atoms with E-state index in [0.717, 1.165) is 17.5 Å². The maximum atomic E-state index is 12.4. The molecule has 2 aromatic rings. The molecule has 7 nitrogen and oxygen atoms in total. The molecule has 1 aromatic heterocycles. The number of nitrogens with zero attached hydrogens (tertiary/aromatic N) is 3. The van der Waals surface area contributed by atoms with Crippen LogP contribution < -0.4 is 5.32 Å². The van der Waals surface area contributed by atoms with Crippen LogP contribution >= 0.6 is 0 Å². The molecule has 0 spiro atoms. The van der Waals surface area contributed by atoms with E-state index >= 15 is 0 Å². The molecule has 3 rings (SSSR count). The molecular weight excluding hydrogens is 344 g/mol. The topological polar surface area (TPSA) is 84.4 Å². The maximum absolute atomic E-state index is 12.4. The van der Waals surface area contributed by atoms with Crippen molar-refractivity contribution in [3.63, 3.8) is 0 Å². The highest BCUT2D eigenvalue weighted by Gasteiger charge is 2.23. The number of ether oxygens (including phenoxy) is 1. The zero-order valence-corrected chi connectivity index (χ0v) is 15.9. The Hall–Kier alpha value is -2.80. The largest absolute Gasteiger partial charge is 0.381 e. The summed E-state index contributed by atoms with van der Waals surface area (Å²) in [5.41, 5.74) is 2.90. The van der Waals surface area contributed by atoms with Crippen molar-refractivity contribution in [1.29, 1.82) is 0 Å². The fraction of sp³-hybridized carbons (Fsp3) is 0.400. The van der Waals surface area contributed by atoms with Crippen molar-refractivity contribution in [3.05, 3.63) is 47.4 Å². The van der Waals surface area contributed by atoms with Crippen LogP contribution in [0.15, 0.2) is 30.5 Å². The van der Waals surface area contributed by atoms with Gasteiger partial charge in [0.15, 0.2) is 0 Å². The van der Waals surface area contributed by atoms with Crippen LogP contribution in [0.2, 0.25) is 0 Å². The summed E-state index contributed by atoms with van der Waals surface area (Å²) in [6.07, 6.45) is 2.35. The molecule has 1 atom stereocenters. The normalized spacial score (nSPS) is 16.2. The molecule has 1 N–H and O–H groups in total. The number of rotatable bonds is 5. The number of aryl methyl sites for hydroxylation is 1. The first-order valence-electron chi connectivity index (χ1n) is 8.95. The number of carbonyl (C=O) groups excluding carboxylic acids is 2. The molecule has 1 aliphatic rings. The first-order valence-corrected chi connectivity index (χ1v) is 8.95. The van der Waals surface area contributed by atoms with E-state index in [9.17, 15) is 9.59 Å². The molecule has 0 saturated carbocycles. The minimum Gasteiger partial charge on any atom is -0.381 e. The third-order valence-electron chi connectivity index (χ3n) is 4.54. The van der Waals surface area contributed by atoms with E-state index in [0.29, 0.717) is 36.8 Å². The van der Waals surface area contributed by atoms with E-state index in [1.165, 1.54) is 4.90 Å². The Kier molecular flexibility index (Phi) is 5.81. The second kappa shape index (κ2) is 8.26. The Balaban J connectivity index is 1.74. The average molecular weight is 368 g/mol. The highest BCUT2D eigenvalue weighted by Crippen LogP contribution is 2.23. The van der Waals surface area contributed by atoms with Crippen molar-refractivity contribution in [2.75, 3.05) is 27.3 Å². The minimum absolute atomic E-state index is 0.0295. The van der Waals surface area contributed by atoms with Gasteiger partial charge in [-0.05, 0) is 18.9 Å². The van der Waals surface area contributed by atoms with Gasteiger partial charge in [-0.25, -0.2) is 9.97 Å². The van der Waals surface area contributed by atoms with Gasteiger partial charge >= 0.3 is 0 Å². The van der Waals surface area contributed by atoms with Gasteiger partial charge in [0.1, 0.15) is 5.82 Å². The number of hydrogen-bond donors (Lipinski definition) is 1. The number of carbonyl (C=O) groups is 2. The van der Waals surface area contributed by atoms with Gasteiger partial charge in [0.25, 0.3) is 5.91 Å². The van der Waals surface area contributed by atoms with Gasteiger partial charge in [-0.3, -0.25) is 9.59 Å². The highest BCUT2D eigenvalue weighted by atomic mass is 16.5. The molecule has 142 valence electrons. The van der Waals surface area contributed by atoms with Gasteiger partial charge in [-0.15, -0.1) is 0 Å². The first-order chi connectivity index (χ1) is 13.0. The van der Waals surface area contributed by atoms with Crippen LogP contribution in [0.5, 0.6) is 0 Å². The standard InChI is InChI=1S/C20H24N4O3/c1-13-21-11-17(20(26)24(2)3)18(23-13)15-6-4-14(5-7-15)10-22-19(25)16-8-9-27-12-16/h4-7,11,16H,8-10,12H2,1-3H3,(H,22,25)/t16-/m0/s1. The fourth-order valence-electron chi connectivity index (χ4n) is 2.94. The quantitative estimate of drug-likeness (QED) is 0.870. The van der Waals surface area contributed by atoms with Gasteiger partial charge in [-0.1, -0.05) is 24.3 Å². The molecule has 0 unspecified atom stereocenters. The molecule has 2 heterocycles. The van der Waals surface area contributed by atoms with Crippen LogP contribution in [-0.2, 0) is 16.1 Å². The smallest absolute Gasteiger partial charge is 0.257 e. The van der Waals surface area contributed by atoms with Crippen molar-refractivity contribution in [2.45, 2.75) is 19.9 Å². The molecule has 7 heteroatoms. The van der Waals surface area contributed by atoms with Crippen LogP contribution in [0.3, 0.4) is 0 Å². The first kappa shape index (κ1) is 19.0. The Morgan fingerprint density at radius 2 is 2.00 bits per heavy atom. The summed E-state index contributed by atoms with van der Waals surface area (Å²) in [5, 5.41) is 2.95. The van der Waals surface area contributed by atoms with Crippen molar-refractivity contribution in [2.24, 2.45) is 5.92 Å². The van der Waals surface area contributed by atoms with Crippen LogP contribution in [-0.4, -0.2) is 54.0 Å². The summed E-state index contributed by atoms with van der Waals surface area (Å²) in [5.74, 6) is 0.449. The molecule has 1 saturated heterocycles. The molecule has 1 aromatic carbocycles.